The molecule has 34 heavy (non-hydrogen) atoms. The summed E-state index contributed by atoms with van der Waals surface area (Å²) in [5.74, 6) is -2.13. The molecular weight excluding hydrogens is 481 g/mol. The average molecular weight is 502 g/mol. The number of carbonyl (C=O) groups excluding carboxylic acids is 3. The van der Waals surface area contributed by atoms with Crippen LogP contribution in [0.1, 0.15) is 28.4 Å². The van der Waals surface area contributed by atoms with E-state index >= 15 is 0 Å². The van der Waals surface area contributed by atoms with Gasteiger partial charge in [-0.05, 0) is 54.4 Å². The Morgan fingerprint density at radius 2 is 1.97 bits per heavy atom. The first-order chi connectivity index (χ1) is 16.2. The second-order valence-electron chi connectivity index (χ2n) is 7.67. The number of pyridine rings is 1. The summed E-state index contributed by atoms with van der Waals surface area (Å²) in [6.07, 6.45) is 1.16. The Kier molecular flexibility index (Phi) is 6.58. The summed E-state index contributed by atoms with van der Waals surface area (Å²) in [4.78, 5) is 43.1. The predicted octanol–water partition coefficient (Wildman–Crippen LogP) is 3.03. The van der Waals surface area contributed by atoms with Crippen molar-refractivity contribution in [3.63, 3.8) is 0 Å². The number of benzene rings is 1. The molecule has 3 aromatic rings. The van der Waals surface area contributed by atoms with Crippen LogP contribution in [-0.4, -0.2) is 43.3 Å². The van der Waals surface area contributed by atoms with Crippen molar-refractivity contribution in [3.05, 3.63) is 70.5 Å². The van der Waals surface area contributed by atoms with Crippen LogP contribution in [0, 0.1) is 5.13 Å². The van der Waals surface area contributed by atoms with E-state index in [2.05, 4.69) is 10.3 Å². The number of hydrogen-bond donors (Lipinski definition) is 1. The molecule has 0 bridgehead atoms. The van der Waals surface area contributed by atoms with Gasteiger partial charge in [0.25, 0.3) is 5.91 Å². The van der Waals surface area contributed by atoms with Crippen LogP contribution in [0.5, 0.6) is 0 Å². The highest BCUT2D eigenvalue weighted by molar-refractivity contribution is 7.94. The number of halogens is 1. The summed E-state index contributed by atoms with van der Waals surface area (Å²) in [5.41, 5.74) is 2.30. The molecule has 1 aliphatic rings. The van der Waals surface area contributed by atoms with Gasteiger partial charge in [0, 0.05) is 30.4 Å². The summed E-state index contributed by atoms with van der Waals surface area (Å²) in [7, 11) is -3.93. The van der Waals surface area contributed by atoms with Gasteiger partial charge in [-0.15, -0.1) is 0 Å². The third-order valence-corrected chi connectivity index (χ3v) is 8.29. The minimum absolute atomic E-state index is 0.0450. The van der Waals surface area contributed by atoms with Crippen molar-refractivity contribution in [3.8, 4) is 0 Å². The van der Waals surface area contributed by atoms with E-state index < -0.39 is 38.3 Å². The van der Waals surface area contributed by atoms with Gasteiger partial charge in [0.05, 0.1) is 6.42 Å². The second-order valence-corrected chi connectivity index (χ2v) is 10.9. The first-order valence-corrected chi connectivity index (χ1v) is 12.8. The second kappa shape index (κ2) is 9.43. The maximum Gasteiger partial charge on any atom is 0.266 e. The Hall–Kier alpha value is -3.44. The summed E-state index contributed by atoms with van der Waals surface area (Å²) in [6.45, 7) is 2.66. The number of Topliss-reactive ketones (excluding diaryl/α,β-unsaturated/α-hetero) is 1. The van der Waals surface area contributed by atoms with E-state index in [-0.39, 0.29) is 22.9 Å². The molecule has 3 heterocycles. The van der Waals surface area contributed by atoms with Crippen molar-refractivity contribution in [2.45, 2.75) is 24.0 Å². The third kappa shape index (κ3) is 4.90. The summed E-state index contributed by atoms with van der Waals surface area (Å²) >= 11 is 0.467. The minimum atomic E-state index is -3.93. The third-order valence-electron chi connectivity index (χ3n) is 5.16. The number of aromatic nitrogens is 1. The highest BCUT2D eigenvalue weighted by Gasteiger charge is 2.33. The lowest BCUT2D eigenvalue weighted by Crippen LogP contribution is -2.43. The van der Waals surface area contributed by atoms with E-state index in [9.17, 15) is 27.2 Å². The van der Waals surface area contributed by atoms with Gasteiger partial charge in [-0.1, -0.05) is 17.4 Å². The fourth-order valence-electron chi connectivity index (χ4n) is 3.65. The molecule has 176 valence electrons. The normalized spacial score (nSPS) is 13.6. The number of fused-ring (bicyclic) bond motifs is 1. The van der Waals surface area contributed by atoms with Crippen molar-refractivity contribution < 1.29 is 27.2 Å². The molecule has 8 nitrogen and oxygen atoms in total. The molecule has 1 aromatic carbocycles. The number of rotatable bonds is 8. The number of hydrogen-bond acceptors (Lipinski definition) is 8. The molecule has 1 N–H and O–H groups in total. The van der Waals surface area contributed by atoms with Gasteiger partial charge in [-0.25, -0.2) is 18.3 Å². The van der Waals surface area contributed by atoms with Crippen LogP contribution < -0.4 is 10.2 Å². The average Bonchev–Trinajstić information content (AvgIpc) is 3.22. The van der Waals surface area contributed by atoms with Crippen LogP contribution >= 0.6 is 11.3 Å². The molecule has 0 atom stereocenters. The molecule has 0 spiro atoms. The maximum absolute atomic E-state index is 13.1. The molecular formula is C23H20FN3O5S2. The number of imide groups is 1. The number of ketones is 1. The Morgan fingerprint density at radius 1 is 1.18 bits per heavy atom. The molecule has 4 rings (SSSR count). The fourth-order valence-corrected chi connectivity index (χ4v) is 5.98. The zero-order valence-electron chi connectivity index (χ0n) is 18.1. The van der Waals surface area contributed by atoms with Crippen LogP contribution in [0.4, 0.5) is 15.9 Å². The van der Waals surface area contributed by atoms with Crippen LogP contribution in [0.3, 0.4) is 0 Å². The zero-order chi connectivity index (χ0) is 24.5. The summed E-state index contributed by atoms with van der Waals surface area (Å²) < 4.78 is 37.4. The van der Waals surface area contributed by atoms with Crippen LogP contribution in [-0.2, 0) is 32.3 Å². The smallest absolute Gasteiger partial charge is 0.266 e. The SMILES string of the molecule is CCNc1ccc2c(c1)CC(=O)N(c1ccc(CC(=O)CS(=O)(=O)c3ccc(F)s3)cn1)C2=O. The van der Waals surface area contributed by atoms with Gasteiger partial charge < -0.3 is 5.32 Å². The Bertz CT molecular complexity index is 1380. The van der Waals surface area contributed by atoms with E-state index in [1.807, 2.05) is 6.92 Å². The first-order valence-electron chi connectivity index (χ1n) is 10.4. The van der Waals surface area contributed by atoms with E-state index in [1.165, 1.54) is 18.3 Å². The summed E-state index contributed by atoms with van der Waals surface area (Å²) in [6, 6.07) is 10.4. The number of carbonyl (C=O) groups is 3. The topological polar surface area (TPSA) is 114 Å². The summed E-state index contributed by atoms with van der Waals surface area (Å²) in [5, 5.41) is 2.50. The van der Waals surface area contributed by atoms with Crippen molar-refractivity contribution in [2.75, 3.05) is 22.5 Å². The van der Waals surface area contributed by atoms with Crippen LogP contribution in [0.15, 0.2) is 52.9 Å². The van der Waals surface area contributed by atoms with Gasteiger partial charge in [-0.3, -0.25) is 14.4 Å². The standard InChI is InChI=1S/C23H20FN3O5S2/c1-2-25-16-4-5-18-15(10-16)11-21(29)27(23(18)30)20-7-3-14(12-26-20)9-17(28)13-34(31,32)22-8-6-19(24)33-22/h3-8,10,12,25H,2,9,11,13H2,1H3. The number of thiophene rings is 1. The highest BCUT2D eigenvalue weighted by atomic mass is 32.2. The molecule has 2 amide bonds. The molecule has 0 fully saturated rings. The molecule has 0 saturated heterocycles. The molecule has 11 heteroatoms. The van der Waals surface area contributed by atoms with E-state index in [0.29, 0.717) is 34.6 Å². The Morgan fingerprint density at radius 3 is 2.62 bits per heavy atom. The van der Waals surface area contributed by atoms with E-state index in [1.54, 1.807) is 18.2 Å². The quantitative estimate of drug-likeness (QED) is 0.472. The van der Waals surface area contributed by atoms with Crippen molar-refractivity contribution >= 4 is 50.3 Å². The molecule has 0 radical (unpaired) electrons. The lowest BCUT2D eigenvalue weighted by molar-refractivity contribution is -0.118. The molecule has 2 aromatic heterocycles. The number of anilines is 2. The lowest BCUT2D eigenvalue weighted by atomic mass is 9.97. The van der Waals surface area contributed by atoms with Gasteiger partial charge in [-0.2, -0.15) is 4.39 Å². The van der Waals surface area contributed by atoms with Gasteiger partial charge >= 0.3 is 0 Å². The first kappa shape index (κ1) is 23.7. The van der Waals surface area contributed by atoms with E-state index in [0.717, 1.165) is 22.7 Å². The van der Waals surface area contributed by atoms with Gasteiger partial charge in [0.1, 0.15) is 15.8 Å². The monoisotopic (exact) mass is 501 g/mol. The molecule has 0 saturated carbocycles. The Labute approximate surface area is 199 Å². The van der Waals surface area contributed by atoms with Gasteiger partial charge in [0.2, 0.25) is 5.91 Å². The number of amides is 2. The lowest BCUT2D eigenvalue weighted by Gasteiger charge is -2.26. The van der Waals surface area contributed by atoms with Crippen molar-refractivity contribution in [1.29, 1.82) is 0 Å². The number of nitrogens with zero attached hydrogens (tertiary/aromatic N) is 2. The zero-order valence-corrected chi connectivity index (χ0v) is 19.7. The van der Waals surface area contributed by atoms with Crippen molar-refractivity contribution in [1.82, 2.24) is 4.98 Å². The van der Waals surface area contributed by atoms with Crippen molar-refractivity contribution in [2.24, 2.45) is 0 Å². The highest BCUT2D eigenvalue weighted by Crippen LogP contribution is 2.27. The molecule has 0 unspecified atom stereocenters. The van der Waals surface area contributed by atoms with Crippen LogP contribution in [0.25, 0.3) is 0 Å². The largest absolute Gasteiger partial charge is 0.385 e. The van der Waals surface area contributed by atoms with Gasteiger partial charge in [0.15, 0.2) is 20.8 Å². The fraction of sp³-hybridized carbons (Fsp3) is 0.217. The minimum Gasteiger partial charge on any atom is -0.385 e. The molecule has 1 aliphatic heterocycles. The predicted molar refractivity (Wildman–Crippen MR) is 125 cm³/mol. The van der Waals surface area contributed by atoms with Crippen LogP contribution in [0.2, 0.25) is 0 Å². The Balaban J connectivity index is 1.46. The maximum atomic E-state index is 13.1. The number of sulfone groups is 1. The van der Waals surface area contributed by atoms with E-state index in [4.69, 9.17) is 0 Å². The number of nitrogens with one attached hydrogen (secondary N) is 1. The molecule has 0 aliphatic carbocycles.